The van der Waals surface area contributed by atoms with Gasteiger partial charge in [0.1, 0.15) is 5.75 Å². The van der Waals surface area contributed by atoms with Crippen molar-refractivity contribution >= 4 is 17.7 Å². The van der Waals surface area contributed by atoms with Crippen LogP contribution in [0.3, 0.4) is 0 Å². The van der Waals surface area contributed by atoms with Gasteiger partial charge < -0.3 is 20.5 Å². The minimum absolute atomic E-state index is 0.265. The molecule has 1 saturated heterocycles. The van der Waals surface area contributed by atoms with Crippen molar-refractivity contribution in [3.8, 4) is 5.75 Å². The fourth-order valence-corrected chi connectivity index (χ4v) is 5.52. The molecular weight excluding hydrogens is 396 g/mol. The number of methoxy groups -OCH3 is 1. The molecule has 168 valence electrons. The zero-order chi connectivity index (χ0) is 21.4. The molecule has 2 aliphatic rings. The van der Waals surface area contributed by atoms with E-state index in [1.807, 2.05) is 17.8 Å². The maximum Gasteiger partial charge on any atom is 0.191 e. The minimum Gasteiger partial charge on any atom is -0.497 e. The lowest BCUT2D eigenvalue weighted by Crippen LogP contribution is -2.53. The molecule has 2 fully saturated rings. The highest BCUT2D eigenvalue weighted by Gasteiger charge is 2.45. The Hall–Kier alpha value is -1.44. The Balaban J connectivity index is 1.68. The standard InChI is InChI=1S/C23H38N4O2S/c1-4-24-22(26-17-23(28)12-11-21(23)30-5-2)25-16-20(27-13-6-7-14-27)18-9-8-10-19(15-18)29-3/h8-10,15,20-21,28H,4-7,11-14,16-17H2,1-3H3,(H2,24,25,26). The van der Waals surface area contributed by atoms with Crippen LogP contribution in [0.15, 0.2) is 29.3 Å². The Labute approximate surface area is 185 Å². The molecule has 7 heteroatoms. The van der Waals surface area contributed by atoms with Crippen LogP contribution in [0.5, 0.6) is 5.75 Å². The highest BCUT2D eigenvalue weighted by atomic mass is 32.2. The number of aliphatic imine (C=N–C) groups is 1. The van der Waals surface area contributed by atoms with Crippen LogP contribution in [0.1, 0.15) is 51.1 Å². The molecule has 0 spiro atoms. The van der Waals surface area contributed by atoms with Gasteiger partial charge in [0.25, 0.3) is 0 Å². The smallest absolute Gasteiger partial charge is 0.191 e. The van der Waals surface area contributed by atoms with Crippen LogP contribution in [0.25, 0.3) is 0 Å². The lowest BCUT2D eigenvalue weighted by atomic mass is 9.79. The average Bonchev–Trinajstić information content (AvgIpc) is 3.29. The van der Waals surface area contributed by atoms with E-state index >= 15 is 0 Å². The summed E-state index contributed by atoms with van der Waals surface area (Å²) in [6.45, 7) is 8.48. The van der Waals surface area contributed by atoms with Crippen LogP contribution in [0, 0.1) is 0 Å². The number of nitrogens with one attached hydrogen (secondary N) is 2. The van der Waals surface area contributed by atoms with Crippen molar-refractivity contribution in [1.82, 2.24) is 15.5 Å². The Kier molecular flexibility index (Phi) is 8.72. The van der Waals surface area contributed by atoms with E-state index in [0.29, 0.717) is 11.8 Å². The van der Waals surface area contributed by atoms with E-state index in [9.17, 15) is 5.11 Å². The van der Waals surface area contributed by atoms with Gasteiger partial charge in [-0.05, 0) is 69.1 Å². The first-order chi connectivity index (χ1) is 14.6. The number of guanidine groups is 1. The molecule has 1 aliphatic heterocycles. The quantitative estimate of drug-likeness (QED) is 0.388. The Morgan fingerprint density at radius 3 is 2.77 bits per heavy atom. The molecule has 0 aromatic heterocycles. The second kappa shape index (κ2) is 11.3. The third-order valence-corrected chi connectivity index (χ3v) is 7.59. The molecule has 1 aliphatic carbocycles. The first-order valence-electron chi connectivity index (χ1n) is 11.3. The summed E-state index contributed by atoms with van der Waals surface area (Å²) >= 11 is 1.85. The molecule has 3 unspecified atom stereocenters. The Morgan fingerprint density at radius 1 is 1.33 bits per heavy atom. The molecule has 3 N–H and O–H groups in total. The number of thioether (sulfide) groups is 1. The molecule has 1 saturated carbocycles. The Bertz CT molecular complexity index is 696. The maximum atomic E-state index is 10.9. The minimum atomic E-state index is -0.663. The van der Waals surface area contributed by atoms with Crippen LogP contribution in [-0.2, 0) is 0 Å². The number of ether oxygens (including phenoxy) is 1. The average molecular weight is 435 g/mol. The number of hydrogen-bond acceptors (Lipinski definition) is 5. The fourth-order valence-electron chi connectivity index (χ4n) is 4.33. The van der Waals surface area contributed by atoms with Crippen molar-refractivity contribution in [1.29, 1.82) is 0 Å². The number of hydrogen-bond donors (Lipinski definition) is 3. The fraction of sp³-hybridized carbons (Fsp3) is 0.696. The summed E-state index contributed by atoms with van der Waals surface area (Å²) < 4.78 is 5.45. The van der Waals surface area contributed by atoms with Crippen LogP contribution in [-0.4, -0.2) is 72.4 Å². The first kappa shape index (κ1) is 23.2. The topological polar surface area (TPSA) is 69.1 Å². The molecule has 1 aromatic carbocycles. The van der Waals surface area contributed by atoms with E-state index in [1.54, 1.807) is 7.11 Å². The predicted molar refractivity (Wildman–Crippen MR) is 127 cm³/mol. The van der Waals surface area contributed by atoms with Gasteiger partial charge in [0.2, 0.25) is 0 Å². The van der Waals surface area contributed by atoms with Gasteiger partial charge >= 0.3 is 0 Å². The van der Waals surface area contributed by atoms with Gasteiger partial charge in [0, 0.05) is 18.3 Å². The van der Waals surface area contributed by atoms with E-state index in [4.69, 9.17) is 9.73 Å². The predicted octanol–water partition coefficient (Wildman–Crippen LogP) is 3.03. The van der Waals surface area contributed by atoms with Crippen LogP contribution < -0.4 is 15.4 Å². The van der Waals surface area contributed by atoms with Crippen molar-refractivity contribution in [3.63, 3.8) is 0 Å². The molecule has 0 amide bonds. The zero-order valence-corrected chi connectivity index (χ0v) is 19.5. The van der Waals surface area contributed by atoms with E-state index in [0.717, 1.165) is 56.5 Å². The highest BCUT2D eigenvalue weighted by molar-refractivity contribution is 8.00. The van der Waals surface area contributed by atoms with Gasteiger partial charge in [-0.25, -0.2) is 0 Å². The van der Waals surface area contributed by atoms with E-state index in [1.165, 1.54) is 18.4 Å². The van der Waals surface area contributed by atoms with Crippen molar-refractivity contribution in [3.05, 3.63) is 29.8 Å². The van der Waals surface area contributed by atoms with Crippen molar-refractivity contribution in [2.24, 2.45) is 4.99 Å². The summed E-state index contributed by atoms with van der Waals surface area (Å²) in [5.41, 5.74) is 0.598. The molecule has 6 nitrogen and oxygen atoms in total. The second-order valence-electron chi connectivity index (χ2n) is 8.20. The third kappa shape index (κ3) is 5.83. The number of rotatable bonds is 10. The summed E-state index contributed by atoms with van der Waals surface area (Å²) in [5.74, 6) is 2.71. The molecule has 0 bridgehead atoms. The van der Waals surface area contributed by atoms with Gasteiger partial charge in [-0.15, -0.1) is 0 Å². The zero-order valence-electron chi connectivity index (χ0n) is 18.7. The molecule has 3 atom stereocenters. The van der Waals surface area contributed by atoms with Gasteiger partial charge in [0.15, 0.2) is 5.96 Å². The number of benzene rings is 1. The summed E-state index contributed by atoms with van der Waals surface area (Å²) in [4.78, 5) is 7.29. The molecule has 0 radical (unpaired) electrons. The van der Waals surface area contributed by atoms with Crippen LogP contribution >= 0.6 is 11.8 Å². The molecule has 3 rings (SSSR count). The molecule has 1 heterocycles. The second-order valence-corrected chi connectivity index (χ2v) is 9.68. The summed E-state index contributed by atoms with van der Waals surface area (Å²) in [5, 5.41) is 18.1. The van der Waals surface area contributed by atoms with E-state index < -0.39 is 5.60 Å². The van der Waals surface area contributed by atoms with Gasteiger partial charge in [-0.3, -0.25) is 9.89 Å². The monoisotopic (exact) mass is 434 g/mol. The van der Waals surface area contributed by atoms with E-state index in [2.05, 4.69) is 47.6 Å². The van der Waals surface area contributed by atoms with Crippen molar-refractivity contribution in [2.45, 2.75) is 56.4 Å². The molecule has 30 heavy (non-hydrogen) atoms. The maximum absolute atomic E-state index is 10.9. The lowest BCUT2D eigenvalue weighted by molar-refractivity contribution is -0.0154. The summed E-state index contributed by atoms with van der Waals surface area (Å²) in [7, 11) is 1.72. The largest absolute Gasteiger partial charge is 0.497 e. The SMILES string of the molecule is CCNC(=NCC1(O)CCC1SCC)NCC(c1cccc(OC)c1)N1CCCC1. The van der Waals surface area contributed by atoms with Gasteiger partial charge in [-0.1, -0.05) is 19.1 Å². The molecular formula is C23H38N4O2S. The summed E-state index contributed by atoms with van der Waals surface area (Å²) in [6.07, 6.45) is 4.42. The number of likely N-dealkylation sites (tertiary alicyclic amines) is 1. The van der Waals surface area contributed by atoms with E-state index in [-0.39, 0.29) is 6.04 Å². The summed E-state index contributed by atoms with van der Waals surface area (Å²) in [6, 6.07) is 8.64. The number of nitrogens with zero attached hydrogens (tertiary/aromatic N) is 2. The third-order valence-electron chi connectivity index (χ3n) is 6.18. The first-order valence-corrected chi connectivity index (χ1v) is 12.4. The van der Waals surface area contributed by atoms with Crippen LogP contribution in [0.4, 0.5) is 0 Å². The van der Waals surface area contributed by atoms with Gasteiger partial charge in [-0.2, -0.15) is 11.8 Å². The van der Waals surface area contributed by atoms with Crippen molar-refractivity contribution in [2.75, 3.05) is 45.6 Å². The number of aliphatic hydroxyl groups is 1. The molecule has 1 aromatic rings. The Morgan fingerprint density at radius 2 is 2.13 bits per heavy atom. The van der Waals surface area contributed by atoms with Crippen molar-refractivity contribution < 1.29 is 9.84 Å². The highest BCUT2D eigenvalue weighted by Crippen LogP contribution is 2.41. The van der Waals surface area contributed by atoms with Gasteiger partial charge in [0.05, 0.1) is 25.3 Å². The lowest BCUT2D eigenvalue weighted by Gasteiger charge is -2.44. The van der Waals surface area contributed by atoms with Crippen LogP contribution in [0.2, 0.25) is 0 Å². The normalized spacial score (nSPS) is 25.6.